The van der Waals surface area contributed by atoms with E-state index in [0.717, 1.165) is 0 Å². The first-order valence-electron chi connectivity index (χ1n) is 5.64. The quantitative estimate of drug-likeness (QED) is 0.475. The number of hydrogen-bond acceptors (Lipinski definition) is 2. The summed E-state index contributed by atoms with van der Waals surface area (Å²) in [5.41, 5.74) is 0.529. The maximum Gasteiger partial charge on any atom is 0.207 e. The Hall–Kier alpha value is -1.60. The van der Waals surface area contributed by atoms with Crippen LogP contribution in [0.3, 0.4) is 0 Å². The van der Waals surface area contributed by atoms with Crippen LogP contribution in [0, 0.1) is 17.3 Å². The molecule has 0 spiro atoms. The van der Waals surface area contributed by atoms with Gasteiger partial charge in [-0.05, 0) is 19.1 Å². The third-order valence-electron chi connectivity index (χ3n) is 2.90. The highest BCUT2D eigenvalue weighted by Crippen LogP contribution is 2.25. The van der Waals surface area contributed by atoms with Crippen molar-refractivity contribution >= 4 is 17.4 Å². The number of nitrogens with zero attached hydrogens (tertiary/aromatic N) is 3. The number of nitriles is 1. The van der Waals surface area contributed by atoms with Gasteiger partial charge < -0.3 is 4.90 Å². The molecule has 5 heteroatoms. The second kappa shape index (κ2) is 6.36. The minimum absolute atomic E-state index is 0.214. The van der Waals surface area contributed by atoms with E-state index in [2.05, 4.69) is 4.99 Å². The topological polar surface area (TPSA) is 39.4 Å². The van der Waals surface area contributed by atoms with Crippen molar-refractivity contribution in [1.29, 1.82) is 5.26 Å². The van der Waals surface area contributed by atoms with Gasteiger partial charge in [-0.2, -0.15) is 10.3 Å². The fraction of sp³-hybridized carbons (Fsp3) is 0.385. The van der Waals surface area contributed by atoms with Crippen LogP contribution in [0.4, 0.5) is 4.39 Å². The molecule has 0 aliphatic rings. The maximum atomic E-state index is 13.8. The smallest absolute Gasteiger partial charge is 0.207 e. The number of amidine groups is 1. The number of aliphatic imine (C=N–C) groups is 1. The standard InChI is InChI=1S/C13H15ClFN3/c1-4-13(17-8-16)18(3)9(2)11-6-5-10(14)7-12(11)15/h5-7,9H,4H2,1-3H3. The van der Waals surface area contributed by atoms with Gasteiger partial charge in [-0.15, -0.1) is 0 Å². The summed E-state index contributed by atoms with van der Waals surface area (Å²) in [4.78, 5) is 5.52. The molecule has 0 heterocycles. The van der Waals surface area contributed by atoms with Gasteiger partial charge >= 0.3 is 0 Å². The molecule has 0 saturated heterocycles. The Morgan fingerprint density at radius 2 is 2.28 bits per heavy atom. The molecule has 1 aromatic carbocycles. The average molecular weight is 268 g/mol. The lowest BCUT2D eigenvalue weighted by Gasteiger charge is -2.27. The Kier molecular flexibility index (Phi) is 5.11. The summed E-state index contributed by atoms with van der Waals surface area (Å²) in [6, 6.07) is 4.37. The van der Waals surface area contributed by atoms with Crippen LogP contribution in [0.25, 0.3) is 0 Å². The van der Waals surface area contributed by atoms with E-state index in [-0.39, 0.29) is 11.9 Å². The molecule has 0 aliphatic heterocycles. The average Bonchev–Trinajstić information content (AvgIpc) is 2.34. The number of halogens is 2. The lowest BCUT2D eigenvalue weighted by atomic mass is 10.1. The van der Waals surface area contributed by atoms with Crippen molar-refractivity contribution in [3.8, 4) is 6.19 Å². The number of rotatable bonds is 3. The van der Waals surface area contributed by atoms with Gasteiger partial charge in [0.1, 0.15) is 11.7 Å². The van der Waals surface area contributed by atoms with Crippen LogP contribution < -0.4 is 0 Å². The van der Waals surface area contributed by atoms with Crippen molar-refractivity contribution in [3.05, 3.63) is 34.6 Å². The normalized spacial score (nSPS) is 13.0. The molecule has 18 heavy (non-hydrogen) atoms. The largest absolute Gasteiger partial charge is 0.356 e. The summed E-state index contributed by atoms with van der Waals surface area (Å²) in [7, 11) is 1.79. The monoisotopic (exact) mass is 267 g/mol. The van der Waals surface area contributed by atoms with Gasteiger partial charge in [0, 0.05) is 24.1 Å². The molecule has 0 bridgehead atoms. The van der Waals surface area contributed by atoms with E-state index in [4.69, 9.17) is 16.9 Å². The van der Waals surface area contributed by atoms with Gasteiger partial charge in [0.15, 0.2) is 0 Å². The summed E-state index contributed by atoms with van der Waals surface area (Å²) in [5, 5.41) is 8.97. The highest BCUT2D eigenvalue weighted by molar-refractivity contribution is 6.30. The second-order valence-corrected chi connectivity index (χ2v) is 4.37. The SMILES string of the molecule is CCC(=NC#N)N(C)C(C)c1ccc(Cl)cc1F. The fourth-order valence-corrected chi connectivity index (χ4v) is 1.90. The Labute approximate surface area is 112 Å². The highest BCUT2D eigenvalue weighted by atomic mass is 35.5. The lowest BCUT2D eigenvalue weighted by Crippen LogP contribution is -2.29. The predicted molar refractivity (Wildman–Crippen MR) is 70.9 cm³/mol. The van der Waals surface area contributed by atoms with E-state index < -0.39 is 0 Å². The highest BCUT2D eigenvalue weighted by Gasteiger charge is 2.18. The molecule has 1 aromatic rings. The molecule has 0 saturated carbocycles. The van der Waals surface area contributed by atoms with Crippen LogP contribution in [-0.2, 0) is 0 Å². The van der Waals surface area contributed by atoms with Crippen molar-refractivity contribution in [2.24, 2.45) is 4.99 Å². The van der Waals surface area contributed by atoms with Gasteiger partial charge in [-0.3, -0.25) is 0 Å². The van der Waals surface area contributed by atoms with Gasteiger partial charge in [-0.25, -0.2) is 4.39 Å². The van der Waals surface area contributed by atoms with E-state index >= 15 is 0 Å². The maximum absolute atomic E-state index is 13.8. The molecule has 1 atom stereocenters. The molecule has 0 aromatic heterocycles. The Morgan fingerprint density at radius 1 is 1.61 bits per heavy atom. The van der Waals surface area contributed by atoms with Crippen molar-refractivity contribution in [2.45, 2.75) is 26.3 Å². The third-order valence-corrected chi connectivity index (χ3v) is 3.13. The van der Waals surface area contributed by atoms with Gasteiger partial charge in [0.2, 0.25) is 6.19 Å². The van der Waals surface area contributed by atoms with Crippen LogP contribution in [0.15, 0.2) is 23.2 Å². The van der Waals surface area contributed by atoms with Crippen molar-refractivity contribution < 1.29 is 4.39 Å². The minimum atomic E-state index is -0.353. The van der Waals surface area contributed by atoms with E-state index in [1.54, 1.807) is 30.3 Å². The first-order valence-corrected chi connectivity index (χ1v) is 6.02. The van der Waals surface area contributed by atoms with Crippen LogP contribution >= 0.6 is 11.6 Å². The Balaban J connectivity index is 3.03. The molecule has 1 rings (SSSR count). The molecule has 0 radical (unpaired) electrons. The summed E-state index contributed by atoms with van der Waals surface area (Å²) in [6.45, 7) is 3.76. The van der Waals surface area contributed by atoms with Gasteiger partial charge in [-0.1, -0.05) is 24.6 Å². The molecular weight excluding hydrogens is 253 g/mol. The molecule has 0 N–H and O–H groups in total. The first-order chi connectivity index (χ1) is 8.51. The number of hydrogen-bond donors (Lipinski definition) is 0. The molecule has 1 unspecified atom stereocenters. The molecule has 0 amide bonds. The van der Waals surface area contributed by atoms with Crippen molar-refractivity contribution in [3.63, 3.8) is 0 Å². The summed E-state index contributed by atoms with van der Waals surface area (Å²) < 4.78 is 13.8. The van der Waals surface area contributed by atoms with E-state index in [0.29, 0.717) is 22.8 Å². The fourth-order valence-electron chi connectivity index (χ4n) is 1.74. The van der Waals surface area contributed by atoms with Crippen molar-refractivity contribution in [1.82, 2.24) is 4.90 Å². The zero-order valence-corrected chi connectivity index (χ0v) is 11.4. The second-order valence-electron chi connectivity index (χ2n) is 3.93. The van der Waals surface area contributed by atoms with E-state index in [1.807, 2.05) is 13.8 Å². The van der Waals surface area contributed by atoms with Crippen LogP contribution in [0.5, 0.6) is 0 Å². The zero-order valence-electron chi connectivity index (χ0n) is 10.6. The molecule has 3 nitrogen and oxygen atoms in total. The molecule has 0 fully saturated rings. The predicted octanol–water partition coefficient (Wildman–Crippen LogP) is 3.76. The Morgan fingerprint density at radius 3 is 2.78 bits per heavy atom. The third kappa shape index (κ3) is 3.21. The lowest BCUT2D eigenvalue weighted by molar-refractivity contribution is 0.383. The minimum Gasteiger partial charge on any atom is -0.356 e. The van der Waals surface area contributed by atoms with Gasteiger partial charge in [0.25, 0.3) is 0 Å². The number of benzene rings is 1. The van der Waals surface area contributed by atoms with Crippen LogP contribution in [-0.4, -0.2) is 17.8 Å². The molecular formula is C13H15ClFN3. The van der Waals surface area contributed by atoms with Crippen LogP contribution in [0.1, 0.15) is 31.9 Å². The molecule has 0 aliphatic carbocycles. The summed E-state index contributed by atoms with van der Waals surface area (Å²) in [5.74, 6) is 0.272. The zero-order chi connectivity index (χ0) is 13.7. The Bertz CT molecular complexity index is 493. The first kappa shape index (κ1) is 14.5. The van der Waals surface area contributed by atoms with E-state index in [1.165, 1.54) is 6.07 Å². The van der Waals surface area contributed by atoms with Crippen molar-refractivity contribution in [2.75, 3.05) is 7.05 Å². The van der Waals surface area contributed by atoms with Crippen LogP contribution in [0.2, 0.25) is 5.02 Å². The van der Waals surface area contributed by atoms with Gasteiger partial charge in [0.05, 0.1) is 6.04 Å². The molecule has 96 valence electrons. The summed E-state index contributed by atoms with van der Waals surface area (Å²) in [6.07, 6.45) is 2.38. The summed E-state index contributed by atoms with van der Waals surface area (Å²) >= 11 is 5.72. The van der Waals surface area contributed by atoms with E-state index in [9.17, 15) is 4.39 Å².